The number of fused-ring (bicyclic) bond motifs is 2. The minimum Gasteiger partial charge on any atom is -0.744 e. The maximum absolute atomic E-state index is 12.7. The molecule has 1 aromatic heterocycles. The lowest BCUT2D eigenvalue weighted by Gasteiger charge is -2.27. The van der Waals surface area contributed by atoms with E-state index in [1.165, 1.54) is 36.5 Å². The normalized spacial score (nSPS) is 17.1. The summed E-state index contributed by atoms with van der Waals surface area (Å²) >= 11 is 0. The van der Waals surface area contributed by atoms with Gasteiger partial charge in [-0.25, -0.2) is 8.42 Å². The van der Waals surface area contributed by atoms with Crippen LogP contribution in [-0.4, -0.2) is 110 Å². The second kappa shape index (κ2) is 25.7. The molecule has 0 atom stereocenters. The second-order valence-electron chi connectivity index (χ2n) is 21.3. The summed E-state index contributed by atoms with van der Waals surface area (Å²) in [7, 11) is -18.1. The summed E-state index contributed by atoms with van der Waals surface area (Å²) in [6.07, 6.45) is 13.4. The first-order valence-corrected chi connectivity index (χ1v) is 32.5. The molecule has 0 radical (unpaired) electrons. The van der Waals surface area contributed by atoms with Crippen LogP contribution in [0.2, 0.25) is 0 Å². The van der Waals surface area contributed by atoms with E-state index in [1.54, 1.807) is 18.2 Å². The molecule has 0 fully saturated rings. The third-order valence-electron chi connectivity index (χ3n) is 14.7. The monoisotopic (exact) mass is 1200 g/mol. The zero-order valence-electron chi connectivity index (χ0n) is 45.8. The van der Waals surface area contributed by atoms with Crippen molar-refractivity contribution >= 4 is 80.6 Å². The van der Waals surface area contributed by atoms with Crippen LogP contribution in [0, 0.1) is 0 Å². The van der Waals surface area contributed by atoms with Crippen molar-refractivity contribution in [1.82, 2.24) is 10.3 Å². The van der Waals surface area contributed by atoms with Crippen LogP contribution in [0.25, 0.3) is 16.0 Å². The molecule has 2 amide bonds. The molecule has 3 aliphatic rings. The SMILES string of the molecule is CC1(C)C(/C=C/C2=C(c3ccc(CCCCC(=O)NCCC(=O)Nc4ccc(CN=[N+]=[N-])nc4)cc3)C(=C/C=C3/N(CCCS(=O)(=O)O)c4ccc(S(=O)(=O)O)cc4C3(C)C)/CCC2)=[N+](CCCS(=O)(=O)O)c2ccc(S(=O)(=O)[O-])cc21. The van der Waals surface area contributed by atoms with Crippen LogP contribution >= 0.6 is 0 Å². The summed E-state index contributed by atoms with van der Waals surface area (Å²) < 4.78 is 140. The molecule has 2 aliphatic heterocycles. The molecule has 7 rings (SSSR count). The average molecular weight is 1200 g/mol. The highest BCUT2D eigenvalue weighted by atomic mass is 32.2. The summed E-state index contributed by atoms with van der Waals surface area (Å²) in [5.41, 5.74) is 16.0. The topological polar surface area (TPSA) is 346 Å². The van der Waals surface area contributed by atoms with Crippen LogP contribution in [0.4, 0.5) is 17.1 Å². The Hall–Kier alpha value is -6.87. The Balaban J connectivity index is 1.18. The minimum atomic E-state index is -4.84. The first-order chi connectivity index (χ1) is 38.5. The summed E-state index contributed by atoms with van der Waals surface area (Å²) in [5.74, 6) is -1.55. The van der Waals surface area contributed by atoms with Crippen molar-refractivity contribution in [1.29, 1.82) is 0 Å². The van der Waals surface area contributed by atoms with Gasteiger partial charge in [-0.1, -0.05) is 55.4 Å². The molecule has 22 nitrogen and oxygen atoms in total. The number of benzene rings is 3. The Morgan fingerprint density at radius 3 is 2.15 bits per heavy atom. The van der Waals surface area contributed by atoms with Gasteiger partial charge < -0.3 is 20.1 Å². The zero-order chi connectivity index (χ0) is 59.8. The second-order valence-corrected chi connectivity index (χ2v) is 27.3. The number of anilines is 2. The number of pyridine rings is 1. The number of nitrogens with zero attached hydrogens (tertiary/aromatic N) is 6. The van der Waals surface area contributed by atoms with Crippen LogP contribution < -0.4 is 15.5 Å². The lowest BCUT2D eigenvalue weighted by molar-refractivity contribution is -0.437. The lowest BCUT2D eigenvalue weighted by atomic mass is 9.79. The molecule has 1 aliphatic carbocycles. The van der Waals surface area contributed by atoms with Gasteiger partial charge in [0.1, 0.15) is 16.7 Å². The van der Waals surface area contributed by atoms with Crippen molar-refractivity contribution in [3.05, 3.63) is 159 Å². The number of rotatable bonds is 25. The van der Waals surface area contributed by atoms with Crippen molar-refractivity contribution in [3.8, 4) is 0 Å². The predicted octanol–water partition coefficient (Wildman–Crippen LogP) is 8.63. The number of hydrogen-bond donors (Lipinski definition) is 5. The van der Waals surface area contributed by atoms with Gasteiger partial charge in [0.2, 0.25) is 17.5 Å². The number of carbonyl (C=O) groups excluding carboxylic acids is 2. The molecule has 5 N–H and O–H groups in total. The quantitative estimate of drug-likeness (QED) is 0.0103. The first-order valence-electron chi connectivity index (χ1n) is 26.5. The molecule has 4 aromatic rings. The van der Waals surface area contributed by atoms with Crippen LogP contribution in [0.15, 0.2) is 135 Å². The number of hydrogen-bond acceptors (Lipinski definition) is 14. The van der Waals surface area contributed by atoms with Crippen molar-refractivity contribution in [2.24, 2.45) is 5.11 Å². The number of amides is 2. The largest absolute Gasteiger partial charge is 0.744 e. The third-order valence-corrected chi connectivity index (χ3v) is 18.0. The van der Waals surface area contributed by atoms with Gasteiger partial charge in [-0.3, -0.25) is 28.2 Å². The van der Waals surface area contributed by atoms with Gasteiger partial charge in [0.05, 0.1) is 45.1 Å². The van der Waals surface area contributed by atoms with E-state index in [0.29, 0.717) is 83.8 Å². The van der Waals surface area contributed by atoms with Crippen molar-refractivity contribution < 1.29 is 66.0 Å². The van der Waals surface area contributed by atoms with Crippen molar-refractivity contribution in [2.45, 2.75) is 119 Å². The molecule has 0 saturated heterocycles. The molecule has 438 valence electrons. The van der Waals surface area contributed by atoms with E-state index in [-0.39, 0.29) is 68.6 Å². The lowest BCUT2D eigenvalue weighted by Crippen LogP contribution is -2.28. The Bertz CT molecular complexity index is 3810. The zero-order valence-corrected chi connectivity index (χ0v) is 49.0. The van der Waals surface area contributed by atoms with E-state index in [9.17, 15) is 61.5 Å². The van der Waals surface area contributed by atoms with E-state index in [0.717, 1.165) is 27.8 Å². The highest BCUT2D eigenvalue weighted by Gasteiger charge is 2.45. The van der Waals surface area contributed by atoms with Crippen molar-refractivity contribution in [3.63, 3.8) is 0 Å². The Morgan fingerprint density at radius 2 is 1.49 bits per heavy atom. The van der Waals surface area contributed by atoms with Crippen molar-refractivity contribution in [2.75, 3.05) is 41.4 Å². The van der Waals surface area contributed by atoms with E-state index in [1.807, 2.05) is 85.7 Å². The molecule has 0 bridgehead atoms. The maximum Gasteiger partial charge on any atom is 0.294 e. The Kier molecular flexibility index (Phi) is 19.7. The molecule has 0 saturated carbocycles. The van der Waals surface area contributed by atoms with Gasteiger partial charge in [-0.15, -0.1) is 0 Å². The average Bonchev–Trinajstić information content (AvgIpc) is 3.67. The smallest absolute Gasteiger partial charge is 0.294 e. The Labute approximate surface area is 478 Å². The molecule has 82 heavy (non-hydrogen) atoms. The van der Waals surface area contributed by atoms with Gasteiger partial charge in [-0.2, -0.15) is 29.8 Å². The fourth-order valence-electron chi connectivity index (χ4n) is 10.7. The van der Waals surface area contributed by atoms with Gasteiger partial charge in [-0.05, 0) is 146 Å². The standard InChI is InChI=1S/C56H66N8O14S4/c1-55(2)46-34-44(81(73,74)75)22-24-48(46)63(30-8-32-79(67,68)69)50(55)26-18-39-11-7-12-40(19-27-51-56(3,4)47-35-45(82(76,77)78)23-25-49(47)64(51)31-9-33-80(70,71)72)54(39)41-16-14-38(15-17-41)10-5-6-13-52(65)58-29-28-53(66)61-43-21-20-42(59-36-43)37-60-62-57/h14-27,34-36H,5-13,28-33,37H2,1-4H3,(H5-,58,61,65,66,67,68,69,70,71,72,73,74,75,76,77,78). The summed E-state index contributed by atoms with van der Waals surface area (Å²) in [5, 5.41) is 8.97. The maximum atomic E-state index is 12.7. The summed E-state index contributed by atoms with van der Waals surface area (Å²) in [6, 6.07) is 19.6. The molecule has 0 unspecified atom stereocenters. The number of aromatic nitrogens is 1. The summed E-state index contributed by atoms with van der Waals surface area (Å²) in [4.78, 5) is 33.2. The molecule has 3 aromatic carbocycles. The van der Waals surface area contributed by atoms with Gasteiger partial charge in [0.25, 0.3) is 30.4 Å². The molecule has 3 heterocycles. The van der Waals surface area contributed by atoms with E-state index >= 15 is 0 Å². The van der Waals surface area contributed by atoms with Crippen LogP contribution in [-0.2, 0) is 73.9 Å². The van der Waals surface area contributed by atoms with Crippen LogP contribution in [0.5, 0.6) is 0 Å². The number of carbonyl (C=O) groups is 2. The highest BCUT2D eigenvalue weighted by Crippen LogP contribution is 2.49. The van der Waals surface area contributed by atoms with E-state index in [4.69, 9.17) is 5.53 Å². The molecular weight excluding hydrogens is 1140 g/mol. The number of azide groups is 1. The third kappa shape index (κ3) is 16.0. The first kappa shape index (κ1) is 62.7. The highest BCUT2D eigenvalue weighted by molar-refractivity contribution is 7.86. The number of nitrogens with one attached hydrogen (secondary N) is 2. The Morgan fingerprint density at radius 1 is 0.793 bits per heavy atom. The van der Waals surface area contributed by atoms with Gasteiger partial charge >= 0.3 is 0 Å². The fourth-order valence-corrected chi connectivity index (χ4v) is 12.7. The van der Waals surface area contributed by atoms with Gasteiger partial charge in [0, 0.05) is 77.5 Å². The summed E-state index contributed by atoms with van der Waals surface area (Å²) in [6.45, 7) is 8.01. The fraction of sp³-hybridized carbons (Fsp3) is 0.393. The van der Waals surface area contributed by atoms with E-state index in [2.05, 4.69) is 25.6 Å². The number of unbranched alkanes of at least 4 members (excludes halogenated alkanes) is 1. The van der Waals surface area contributed by atoms with Crippen LogP contribution in [0.1, 0.15) is 113 Å². The van der Waals surface area contributed by atoms with E-state index < -0.39 is 67.7 Å². The minimum absolute atomic E-state index is 0.0201. The molecule has 26 heteroatoms. The van der Waals surface area contributed by atoms with Crippen LogP contribution in [0.3, 0.4) is 0 Å². The number of aryl methyl sites for hydroxylation is 1. The molecular formula is C56H66N8O14S4. The number of allylic oxidation sites excluding steroid dienone is 8. The predicted molar refractivity (Wildman–Crippen MR) is 309 cm³/mol. The molecule has 0 spiro atoms. The van der Waals surface area contributed by atoms with Gasteiger partial charge in [0.15, 0.2) is 5.71 Å².